The van der Waals surface area contributed by atoms with E-state index in [1.807, 2.05) is 12.1 Å². The molecule has 1 aliphatic heterocycles. The van der Waals surface area contributed by atoms with E-state index < -0.39 is 11.9 Å². The Morgan fingerprint density at radius 3 is 2.14 bits per heavy atom. The van der Waals surface area contributed by atoms with Crippen LogP contribution in [-0.4, -0.2) is 34.3 Å². The molecule has 1 heterocycles. The Hall–Kier alpha value is -2.69. The zero-order chi connectivity index (χ0) is 15.9. The quantitative estimate of drug-likeness (QED) is 0.880. The van der Waals surface area contributed by atoms with E-state index in [9.17, 15) is 14.4 Å². The van der Waals surface area contributed by atoms with Gasteiger partial charge in [-0.25, -0.2) is 0 Å². The SMILES string of the molecule is CC(CCN1C(=O)c2cccc3cccc(c23)C1=O)C(=O)O. The molecule has 112 valence electrons. The van der Waals surface area contributed by atoms with E-state index in [2.05, 4.69) is 0 Å². The number of imide groups is 1. The largest absolute Gasteiger partial charge is 0.481 e. The number of amides is 2. The van der Waals surface area contributed by atoms with Crippen molar-refractivity contribution in [2.45, 2.75) is 13.3 Å². The lowest BCUT2D eigenvalue weighted by atomic mass is 9.93. The molecule has 3 rings (SSSR count). The molecule has 0 aromatic heterocycles. The summed E-state index contributed by atoms with van der Waals surface area (Å²) in [4.78, 5) is 37.2. The Labute approximate surface area is 127 Å². The van der Waals surface area contributed by atoms with Crippen molar-refractivity contribution < 1.29 is 19.5 Å². The molecule has 0 bridgehead atoms. The van der Waals surface area contributed by atoms with Crippen molar-refractivity contribution in [3.8, 4) is 0 Å². The van der Waals surface area contributed by atoms with Crippen molar-refractivity contribution in [1.29, 1.82) is 0 Å². The van der Waals surface area contributed by atoms with Gasteiger partial charge in [-0.1, -0.05) is 31.2 Å². The molecule has 0 saturated heterocycles. The molecule has 0 saturated carbocycles. The lowest BCUT2D eigenvalue weighted by molar-refractivity contribution is -0.141. The molecule has 5 nitrogen and oxygen atoms in total. The molecule has 1 N–H and O–H groups in total. The lowest BCUT2D eigenvalue weighted by Gasteiger charge is -2.27. The molecular formula is C17H15NO4. The zero-order valence-electron chi connectivity index (χ0n) is 12.1. The Bertz CT molecular complexity index is 746. The van der Waals surface area contributed by atoms with Crippen molar-refractivity contribution in [1.82, 2.24) is 4.90 Å². The highest BCUT2D eigenvalue weighted by atomic mass is 16.4. The maximum Gasteiger partial charge on any atom is 0.306 e. The van der Waals surface area contributed by atoms with Crippen LogP contribution in [0.5, 0.6) is 0 Å². The lowest BCUT2D eigenvalue weighted by Crippen LogP contribution is -2.41. The highest BCUT2D eigenvalue weighted by Crippen LogP contribution is 2.30. The van der Waals surface area contributed by atoms with Crippen LogP contribution in [0.4, 0.5) is 0 Å². The maximum absolute atomic E-state index is 12.6. The highest BCUT2D eigenvalue weighted by molar-refractivity contribution is 6.25. The van der Waals surface area contributed by atoms with Crippen LogP contribution in [0.2, 0.25) is 0 Å². The fourth-order valence-electron chi connectivity index (χ4n) is 2.73. The van der Waals surface area contributed by atoms with Gasteiger partial charge >= 0.3 is 5.97 Å². The number of aliphatic carboxylic acids is 1. The molecule has 0 fully saturated rings. The first-order chi connectivity index (χ1) is 10.5. The van der Waals surface area contributed by atoms with Gasteiger partial charge < -0.3 is 5.11 Å². The summed E-state index contributed by atoms with van der Waals surface area (Å²) in [6.45, 7) is 1.67. The first-order valence-corrected chi connectivity index (χ1v) is 7.11. The van der Waals surface area contributed by atoms with Crippen LogP contribution < -0.4 is 0 Å². The second-order valence-corrected chi connectivity index (χ2v) is 5.50. The predicted octanol–water partition coefficient (Wildman–Crippen LogP) is 2.55. The first-order valence-electron chi connectivity index (χ1n) is 7.11. The van der Waals surface area contributed by atoms with Gasteiger partial charge in [0.15, 0.2) is 0 Å². The van der Waals surface area contributed by atoms with Crippen molar-refractivity contribution in [3.05, 3.63) is 47.5 Å². The summed E-state index contributed by atoms with van der Waals surface area (Å²) in [6.07, 6.45) is 0.241. The molecule has 1 aliphatic rings. The van der Waals surface area contributed by atoms with E-state index in [0.29, 0.717) is 16.5 Å². The summed E-state index contributed by atoms with van der Waals surface area (Å²) >= 11 is 0. The van der Waals surface area contributed by atoms with Crippen LogP contribution in [-0.2, 0) is 4.79 Å². The van der Waals surface area contributed by atoms with Crippen molar-refractivity contribution >= 4 is 28.6 Å². The van der Waals surface area contributed by atoms with Gasteiger partial charge in [-0.3, -0.25) is 19.3 Å². The van der Waals surface area contributed by atoms with Crippen LogP contribution in [0.25, 0.3) is 10.8 Å². The van der Waals surface area contributed by atoms with Gasteiger partial charge in [-0.05, 0) is 23.9 Å². The number of carbonyl (C=O) groups excluding carboxylic acids is 2. The monoisotopic (exact) mass is 297 g/mol. The number of carbonyl (C=O) groups is 3. The minimum atomic E-state index is -0.931. The summed E-state index contributed by atoms with van der Waals surface area (Å²) in [5.74, 6) is -2.24. The van der Waals surface area contributed by atoms with Crippen molar-refractivity contribution in [2.24, 2.45) is 5.92 Å². The van der Waals surface area contributed by atoms with E-state index >= 15 is 0 Å². The number of benzene rings is 2. The summed E-state index contributed by atoms with van der Waals surface area (Å²) in [5.41, 5.74) is 0.992. The number of hydrogen-bond donors (Lipinski definition) is 1. The molecule has 0 spiro atoms. The molecule has 22 heavy (non-hydrogen) atoms. The summed E-state index contributed by atoms with van der Waals surface area (Å²) in [6, 6.07) is 10.7. The van der Waals surface area contributed by atoms with Crippen LogP contribution >= 0.6 is 0 Å². The van der Waals surface area contributed by atoms with Crippen LogP contribution in [0.1, 0.15) is 34.1 Å². The molecular weight excluding hydrogens is 282 g/mol. The molecule has 1 unspecified atom stereocenters. The molecule has 1 atom stereocenters. The third-order valence-corrected chi connectivity index (χ3v) is 4.06. The molecule has 0 radical (unpaired) electrons. The fraction of sp³-hybridized carbons (Fsp3) is 0.235. The van der Waals surface area contributed by atoms with E-state index in [0.717, 1.165) is 10.3 Å². The Morgan fingerprint density at radius 2 is 1.64 bits per heavy atom. The summed E-state index contributed by atoms with van der Waals surface area (Å²) < 4.78 is 0. The van der Waals surface area contributed by atoms with Gasteiger partial charge in [0.2, 0.25) is 0 Å². The first kappa shape index (κ1) is 14.3. The number of rotatable bonds is 4. The normalized spacial score (nSPS) is 15.2. The molecule has 0 aliphatic carbocycles. The molecule has 2 aromatic rings. The maximum atomic E-state index is 12.6. The third-order valence-electron chi connectivity index (χ3n) is 4.06. The predicted molar refractivity (Wildman–Crippen MR) is 80.7 cm³/mol. The van der Waals surface area contributed by atoms with Gasteiger partial charge in [0.1, 0.15) is 0 Å². The number of carboxylic acids is 1. The van der Waals surface area contributed by atoms with Crippen LogP contribution in [0, 0.1) is 5.92 Å². The van der Waals surface area contributed by atoms with Gasteiger partial charge in [0.05, 0.1) is 5.92 Å². The van der Waals surface area contributed by atoms with Gasteiger partial charge in [-0.15, -0.1) is 0 Å². The average Bonchev–Trinajstić information content (AvgIpc) is 2.52. The summed E-state index contributed by atoms with van der Waals surface area (Å²) in [5, 5.41) is 10.5. The minimum absolute atomic E-state index is 0.107. The smallest absolute Gasteiger partial charge is 0.306 e. The standard InChI is InChI=1S/C17H15NO4/c1-10(17(21)22)8-9-18-15(19)12-6-2-4-11-5-3-7-13(14(11)12)16(18)20/h2-7,10H,8-9H2,1H3,(H,21,22). The van der Waals surface area contributed by atoms with Gasteiger partial charge in [0, 0.05) is 23.1 Å². The highest BCUT2D eigenvalue weighted by Gasteiger charge is 2.32. The van der Waals surface area contributed by atoms with Gasteiger partial charge in [0.25, 0.3) is 11.8 Å². The Morgan fingerprint density at radius 1 is 1.09 bits per heavy atom. The summed E-state index contributed by atoms with van der Waals surface area (Å²) in [7, 11) is 0. The zero-order valence-corrected chi connectivity index (χ0v) is 12.1. The fourth-order valence-corrected chi connectivity index (χ4v) is 2.73. The Kier molecular flexibility index (Phi) is 3.41. The Balaban J connectivity index is 1.99. The number of nitrogens with zero attached hydrogens (tertiary/aromatic N) is 1. The van der Waals surface area contributed by atoms with E-state index in [1.165, 1.54) is 0 Å². The van der Waals surface area contributed by atoms with Crippen LogP contribution in [0.15, 0.2) is 36.4 Å². The third kappa shape index (κ3) is 2.15. The molecule has 5 heteroatoms. The molecule has 2 aromatic carbocycles. The second kappa shape index (κ2) is 5.26. The number of hydrogen-bond acceptors (Lipinski definition) is 3. The van der Waals surface area contributed by atoms with E-state index in [1.54, 1.807) is 31.2 Å². The second-order valence-electron chi connectivity index (χ2n) is 5.50. The van der Waals surface area contributed by atoms with Crippen LogP contribution in [0.3, 0.4) is 0 Å². The topological polar surface area (TPSA) is 74.7 Å². The van der Waals surface area contributed by atoms with E-state index in [-0.39, 0.29) is 24.8 Å². The number of carboxylic acid groups (broad SMARTS) is 1. The van der Waals surface area contributed by atoms with E-state index in [4.69, 9.17) is 5.11 Å². The van der Waals surface area contributed by atoms with Gasteiger partial charge in [-0.2, -0.15) is 0 Å². The minimum Gasteiger partial charge on any atom is -0.481 e. The van der Waals surface area contributed by atoms with Crippen molar-refractivity contribution in [2.75, 3.05) is 6.54 Å². The average molecular weight is 297 g/mol. The van der Waals surface area contributed by atoms with Crippen molar-refractivity contribution in [3.63, 3.8) is 0 Å². The molecule has 2 amide bonds.